The number of nitrogens with one attached hydrogen (secondary N) is 1. The van der Waals surface area contributed by atoms with Crippen molar-refractivity contribution in [3.63, 3.8) is 0 Å². The molecule has 0 fully saturated rings. The summed E-state index contributed by atoms with van der Waals surface area (Å²) in [5.41, 5.74) is 2.49. The second-order valence-corrected chi connectivity index (χ2v) is 5.02. The summed E-state index contributed by atoms with van der Waals surface area (Å²) in [7, 11) is 0. The van der Waals surface area contributed by atoms with Gasteiger partial charge in [-0.2, -0.15) is 0 Å². The molecule has 0 aliphatic carbocycles. The van der Waals surface area contributed by atoms with Gasteiger partial charge in [0.25, 0.3) is 0 Å². The van der Waals surface area contributed by atoms with Crippen molar-refractivity contribution in [2.45, 2.75) is 40.0 Å². The summed E-state index contributed by atoms with van der Waals surface area (Å²) < 4.78 is 0. The maximum Gasteiger partial charge on any atom is 0.220 e. The molecule has 0 atom stereocenters. The molecule has 17 heavy (non-hydrogen) atoms. The average molecular weight is 233 g/mol. The Morgan fingerprint density at radius 2 is 2.12 bits per heavy atom. The predicted molar refractivity (Wildman–Crippen MR) is 72.0 cm³/mol. The molecule has 2 heteroatoms. The number of benzene rings is 1. The maximum absolute atomic E-state index is 11.6. The van der Waals surface area contributed by atoms with Crippen LogP contribution >= 0.6 is 0 Å². The number of carbonyl (C=O) groups excluding carboxylic acids is 1. The molecule has 1 N–H and O–H groups in total. The van der Waals surface area contributed by atoms with E-state index < -0.39 is 0 Å². The highest BCUT2D eigenvalue weighted by molar-refractivity contribution is 5.76. The Morgan fingerprint density at radius 3 is 2.76 bits per heavy atom. The van der Waals surface area contributed by atoms with Gasteiger partial charge in [0.15, 0.2) is 0 Å². The molecule has 0 aliphatic rings. The van der Waals surface area contributed by atoms with Crippen molar-refractivity contribution in [1.29, 1.82) is 0 Å². The van der Waals surface area contributed by atoms with Gasteiger partial charge in [0.1, 0.15) is 0 Å². The van der Waals surface area contributed by atoms with Crippen LogP contribution in [0.4, 0.5) is 0 Å². The lowest BCUT2D eigenvalue weighted by Crippen LogP contribution is -2.25. The number of amides is 1. The van der Waals surface area contributed by atoms with E-state index in [9.17, 15) is 4.79 Å². The number of carbonyl (C=O) groups is 1. The van der Waals surface area contributed by atoms with Gasteiger partial charge < -0.3 is 5.32 Å². The number of hydrogen-bond donors (Lipinski definition) is 1. The molecule has 94 valence electrons. The molecule has 1 rings (SSSR count). The van der Waals surface area contributed by atoms with Crippen LogP contribution in [-0.2, 0) is 11.2 Å². The SMILES string of the molecule is Cc1cccc(CCC(=O)NCCC(C)C)c1. The standard InChI is InChI=1S/C15H23NO/c1-12(2)9-10-16-15(17)8-7-14-6-4-5-13(3)11-14/h4-6,11-12H,7-10H2,1-3H3,(H,16,17). The highest BCUT2D eigenvalue weighted by Gasteiger charge is 2.02. The van der Waals surface area contributed by atoms with Gasteiger partial charge in [0.2, 0.25) is 5.91 Å². The largest absolute Gasteiger partial charge is 0.356 e. The Hall–Kier alpha value is -1.31. The van der Waals surface area contributed by atoms with Crippen LogP contribution in [0.25, 0.3) is 0 Å². The monoisotopic (exact) mass is 233 g/mol. The van der Waals surface area contributed by atoms with E-state index in [1.165, 1.54) is 11.1 Å². The van der Waals surface area contributed by atoms with Crippen LogP contribution < -0.4 is 5.32 Å². The van der Waals surface area contributed by atoms with Gasteiger partial charge in [-0.05, 0) is 31.2 Å². The maximum atomic E-state index is 11.6. The quantitative estimate of drug-likeness (QED) is 0.803. The minimum absolute atomic E-state index is 0.159. The van der Waals surface area contributed by atoms with Crippen molar-refractivity contribution in [2.24, 2.45) is 5.92 Å². The van der Waals surface area contributed by atoms with E-state index in [0.29, 0.717) is 12.3 Å². The van der Waals surface area contributed by atoms with Crippen LogP contribution in [0.1, 0.15) is 37.8 Å². The molecule has 0 heterocycles. The Balaban J connectivity index is 2.24. The fraction of sp³-hybridized carbons (Fsp3) is 0.533. The molecule has 0 aromatic heterocycles. The number of rotatable bonds is 6. The highest BCUT2D eigenvalue weighted by atomic mass is 16.1. The van der Waals surface area contributed by atoms with Crippen molar-refractivity contribution in [3.05, 3.63) is 35.4 Å². The second-order valence-electron chi connectivity index (χ2n) is 5.02. The molecular weight excluding hydrogens is 210 g/mol. The molecule has 1 aromatic carbocycles. The van der Waals surface area contributed by atoms with Gasteiger partial charge in [0.05, 0.1) is 0 Å². The van der Waals surface area contributed by atoms with Crippen LogP contribution in [0.2, 0.25) is 0 Å². The third-order valence-electron chi connectivity index (χ3n) is 2.77. The van der Waals surface area contributed by atoms with Crippen molar-refractivity contribution >= 4 is 5.91 Å². The zero-order valence-corrected chi connectivity index (χ0v) is 11.1. The third kappa shape index (κ3) is 6.10. The van der Waals surface area contributed by atoms with Crippen molar-refractivity contribution in [1.82, 2.24) is 5.32 Å². The topological polar surface area (TPSA) is 29.1 Å². The normalized spacial score (nSPS) is 10.6. The van der Waals surface area contributed by atoms with Crippen LogP contribution in [0.15, 0.2) is 24.3 Å². The second kappa shape index (κ2) is 7.10. The molecular formula is C15H23NO. The van der Waals surface area contributed by atoms with Gasteiger partial charge >= 0.3 is 0 Å². The molecule has 0 aliphatic heterocycles. The van der Waals surface area contributed by atoms with Crippen LogP contribution in [0.3, 0.4) is 0 Å². The van der Waals surface area contributed by atoms with Crippen LogP contribution in [-0.4, -0.2) is 12.5 Å². The summed E-state index contributed by atoms with van der Waals surface area (Å²) in [5.74, 6) is 0.805. The van der Waals surface area contributed by atoms with Gasteiger partial charge in [0, 0.05) is 13.0 Å². The van der Waals surface area contributed by atoms with E-state index in [1.54, 1.807) is 0 Å². The van der Waals surface area contributed by atoms with E-state index >= 15 is 0 Å². The van der Waals surface area contributed by atoms with Crippen LogP contribution in [0.5, 0.6) is 0 Å². The minimum atomic E-state index is 0.159. The zero-order chi connectivity index (χ0) is 12.7. The smallest absolute Gasteiger partial charge is 0.220 e. The van der Waals surface area contributed by atoms with Gasteiger partial charge in [-0.25, -0.2) is 0 Å². The zero-order valence-electron chi connectivity index (χ0n) is 11.1. The average Bonchev–Trinajstić information content (AvgIpc) is 2.26. The molecule has 0 saturated carbocycles. The molecule has 2 nitrogen and oxygen atoms in total. The first-order chi connectivity index (χ1) is 8.08. The fourth-order valence-corrected chi connectivity index (χ4v) is 1.71. The summed E-state index contributed by atoms with van der Waals surface area (Å²) in [4.78, 5) is 11.6. The number of aryl methyl sites for hydroxylation is 2. The Morgan fingerprint density at radius 1 is 1.35 bits per heavy atom. The fourth-order valence-electron chi connectivity index (χ4n) is 1.71. The number of hydrogen-bond acceptors (Lipinski definition) is 1. The molecule has 1 aromatic rings. The lowest BCUT2D eigenvalue weighted by Gasteiger charge is -2.07. The van der Waals surface area contributed by atoms with Crippen molar-refractivity contribution < 1.29 is 4.79 Å². The van der Waals surface area contributed by atoms with Gasteiger partial charge in [-0.1, -0.05) is 43.7 Å². The summed E-state index contributed by atoms with van der Waals surface area (Å²) in [6.07, 6.45) is 2.47. The van der Waals surface area contributed by atoms with Gasteiger partial charge in [-0.15, -0.1) is 0 Å². The van der Waals surface area contributed by atoms with E-state index in [2.05, 4.69) is 44.3 Å². The highest BCUT2D eigenvalue weighted by Crippen LogP contribution is 2.06. The van der Waals surface area contributed by atoms with Gasteiger partial charge in [-0.3, -0.25) is 4.79 Å². The van der Waals surface area contributed by atoms with E-state index in [1.807, 2.05) is 6.07 Å². The third-order valence-corrected chi connectivity index (χ3v) is 2.77. The lowest BCUT2D eigenvalue weighted by atomic mass is 10.1. The molecule has 0 bridgehead atoms. The lowest BCUT2D eigenvalue weighted by molar-refractivity contribution is -0.121. The van der Waals surface area contributed by atoms with Crippen LogP contribution in [0, 0.1) is 12.8 Å². The first kappa shape index (κ1) is 13.8. The predicted octanol–water partition coefficient (Wildman–Crippen LogP) is 3.09. The summed E-state index contributed by atoms with van der Waals surface area (Å²) in [6, 6.07) is 8.34. The first-order valence-electron chi connectivity index (χ1n) is 6.40. The molecule has 0 radical (unpaired) electrons. The molecule has 0 spiro atoms. The summed E-state index contributed by atoms with van der Waals surface area (Å²) in [6.45, 7) is 7.20. The molecule has 0 saturated heterocycles. The summed E-state index contributed by atoms with van der Waals surface area (Å²) >= 11 is 0. The first-order valence-corrected chi connectivity index (χ1v) is 6.40. The van der Waals surface area contributed by atoms with Crippen molar-refractivity contribution in [3.8, 4) is 0 Å². The molecule has 1 amide bonds. The van der Waals surface area contributed by atoms with E-state index in [0.717, 1.165) is 19.4 Å². The Bertz CT molecular complexity index is 358. The minimum Gasteiger partial charge on any atom is -0.356 e. The Kier molecular flexibility index (Phi) is 5.75. The van der Waals surface area contributed by atoms with E-state index in [-0.39, 0.29) is 5.91 Å². The van der Waals surface area contributed by atoms with Crippen molar-refractivity contribution in [2.75, 3.05) is 6.54 Å². The van der Waals surface area contributed by atoms with E-state index in [4.69, 9.17) is 0 Å². The Labute approximate surface area is 104 Å². The molecule has 0 unspecified atom stereocenters. The summed E-state index contributed by atoms with van der Waals surface area (Å²) in [5, 5.41) is 2.96.